The molecule has 0 aliphatic carbocycles. The summed E-state index contributed by atoms with van der Waals surface area (Å²) in [4.78, 5) is 12.1. The van der Waals surface area contributed by atoms with Crippen molar-refractivity contribution < 1.29 is 15.0 Å². The Morgan fingerprint density at radius 2 is 2.00 bits per heavy atom. The molecule has 100 valence electrons. The maximum absolute atomic E-state index is 12.1. The highest BCUT2D eigenvalue weighted by atomic mass is 79.9. The van der Waals surface area contributed by atoms with Gasteiger partial charge in [0.05, 0.1) is 18.8 Å². The van der Waals surface area contributed by atoms with Gasteiger partial charge in [-0.15, -0.1) is 0 Å². The number of nitrogen functional groups attached to an aromatic ring is 1. The number of aliphatic hydroxyl groups is 2. The van der Waals surface area contributed by atoms with Crippen molar-refractivity contribution >= 4 is 27.5 Å². The SMILES string of the molecule is Cc1c(N)cc(Br)cc1C(=O)NC(C)(CO)CO. The summed E-state index contributed by atoms with van der Waals surface area (Å²) in [5, 5.41) is 20.9. The first kappa shape index (κ1) is 14.9. The summed E-state index contributed by atoms with van der Waals surface area (Å²) in [6.07, 6.45) is 0. The van der Waals surface area contributed by atoms with Gasteiger partial charge in [0.2, 0.25) is 0 Å². The van der Waals surface area contributed by atoms with Crippen LogP contribution < -0.4 is 11.1 Å². The summed E-state index contributed by atoms with van der Waals surface area (Å²) in [6.45, 7) is 2.60. The summed E-state index contributed by atoms with van der Waals surface area (Å²) < 4.78 is 0.699. The fraction of sp³-hybridized carbons (Fsp3) is 0.417. The van der Waals surface area contributed by atoms with Crippen LogP contribution in [-0.4, -0.2) is 34.9 Å². The van der Waals surface area contributed by atoms with Crippen molar-refractivity contribution in [3.63, 3.8) is 0 Å². The van der Waals surface area contributed by atoms with Crippen molar-refractivity contribution in [1.29, 1.82) is 0 Å². The van der Waals surface area contributed by atoms with E-state index in [0.717, 1.165) is 0 Å². The van der Waals surface area contributed by atoms with E-state index < -0.39 is 5.54 Å². The molecule has 0 aliphatic heterocycles. The van der Waals surface area contributed by atoms with Gasteiger partial charge in [-0.3, -0.25) is 4.79 Å². The Labute approximate surface area is 114 Å². The lowest BCUT2D eigenvalue weighted by Gasteiger charge is -2.26. The molecule has 1 rings (SSSR count). The fourth-order valence-electron chi connectivity index (χ4n) is 1.41. The maximum atomic E-state index is 12.1. The second-order valence-corrected chi connectivity index (χ2v) is 5.41. The number of benzene rings is 1. The van der Waals surface area contributed by atoms with E-state index in [1.54, 1.807) is 26.0 Å². The number of aliphatic hydroxyl groups excluding tert-OH is 2. The molecule has 1 aromatic carbocycles. The molecule has 0 radical (unpaired) electrons. The average molecular weight is 317 g/mol. The third kappa shape index (κ3) is 3.22. The topological polar surface area (TPSA) is 95.6 Å². The molecule has 0 saturated heterocycles. The molecular formula is C12H17BrN2O3. The van der Waals surface area contributed by atoms with Gasteiger partial charge in [0.25, 0.3) is 5.91 Å². The molecule has 18 heavy (non-hydrogen) atoms. The molecule has 5 N–H and O–H groups in total. The number of halogens is 1. The predicted octanol–water partition coefficient (Wildman–Crippen LogP) is 0.813. The molecule has 0 saturated carbocycles. The Balaban J connectivity index is 3.05. The normalized spacial score (nSPS) is 11.4. The number of nitrogens with two attached hydrogens (primary N) is 1. The second kappa shape index (κ2) is 5.69. The monoisotopic (exact) mass is 316 g/mol. The summed E-state index contributed by atoms with van der Waals surface area (Å²) in [6, 6.07) is 3.36. The van der Waals surface area contributed by atoms with Crippen LogP contribution in [0.4, 0.5) is 5.69 Å². The van der Waals surface area contributed by atoms with Gasteiger partial charge in [-0.1, -0.05) is 15.9 Å². The molecule has 0 bridgehead atoms. The minimum Gasteiger partial charge on any atom is -0.398 e. The molecule has 0 fully saturated rings. The molecule has 0 aliphatic rings. The number of hydrogen-bond donors (Lipinski definition) is 4. The lowest BCUT2D eigenvalue weighted by atomic mass is 10.0. The second-order valence-electron chi connectivity index (χ2n) is 4.50. The molecule has 0 heterocycles. The Morgan fingerprint density at radius 3 is 2.50 bits per heavy atom. The minimum atomic E-state index is -1.05. The van der Waals surface area contributed by atoms with Crippen LogP contribution in [0.15, 0.2) is 16.6 Å². The quantitative estimate of drug-likeness (QED) is 0.618. The number of anilines is 1. The molecule has 1 amide bonds. The van der Waals surface area contributed by atoms with Crippen LogP contribution in [0.3, 0.4) is 0 Å². The lowest BCUT2D eigenvalue weighted by Crippen LogP contribution is -2.51. The number of carbonyl (C=O) groups excluding carboxylic acids is 1. The first-order valence-corrected chi connectivity index (χ1v) is 6.22. The van der Waals surface area contributed by atoms with Gasteiger partial charge in [0, 0.05) is 15.7 Å². The number of rotatable bonds is 4. The standard InChI is InChI=1S/C12H17BrN2O3/c1-7-9(3-8(13)4-10(7)14)11(18)15-12(2,5-16)6-17/h3-4,16-17H,5-6,14H2,1-2H3,(H,15,18). The van der Waals surface area contributed by atoms with Crippen LogP contribution in [0.5, 0.6) is 0 Å². The molecule has 0 atom stereocenters. The molecule has 0 unspecified atom stereocenters. The van der Waals surface area contributed by atoms with Crippen molar-refractivity contribution in [1.82, 2.24) is 5.32 Å². The third-order valence-electron chi connectivity index (χ3n) is 2.77. The first-order chi connectivity index (χ1) is 8.33. The summed E-state index contributed by atoms with van der Waals surface area (Å²) in [5.74, 6) is -0.383. The van der Waals surface area contributed by atoms with Crippen molar-refractivity contribution in [3.8, 4) is 0 Å². The predicted molar refractivity (Wildman–Crippen MR) is 73.3 cm³/mol. The highest BCUT2D eigenvalue weighted by molar-refractivity contribution is 9.10. The Morgan fingerprint density at radius 1 is 1.44 bits per heavy atom. The van der Waals surface area contributed by atoms with E-state index >= 15 is 0 Å². The number of hydrogen-bond acceptors (Lipinski definition) is 4. The largest absolute Gasteiger partial charge is 0.398 e. The summed E-state index contributed by atoms with van der Waals surface area (Å²) in [7, 11) is 0. The number of nitrogens with one attached hydrogen (secondary N) is 1. The van der Waals surface area contributed by atoms with Crippen LogP contribution in [0.1, 0.15) is 22.8 Å². The zero-order valence-electron chi connectivity index (χ0n) is 10.3. The fourth-order valence-corrected chi connectivity index (χ4v) is 1.88. The van der Waals surface area contributed by atoms with E-state index in [-0.39, 0.29) is 19.1 Å². The van der Waals surface area contributed by atoms with Crippen molar-refractivity contribution in [3.05, 3.63) is 27.7 Å². The van der Waals surface area contributed by atoms with E-state index in [4.69, 9.17) is 15.9 Å². The van der Waals surface area contributed by atoms with Gasteiger partial charge in [-0.2, -0.15) is 0 Å². The van der Waals surface area contributed by atoms with E-state index in [0.29, 0.717) is 21.3 Å². The average Bonchev–Trinajstić information content (AvgIpc) is 2.33. The molecule has 0 aromatic heterocycles. The zero-order valence-corrected chi connectivity index (χ0v) is 11.9. The van der Waals surface area contributed by atoms with E-state index in [1.165, 1.54) is 0 Å². The summed E-state index contributed by atoms with van der Waals surface area (Å²) in [5.41, 5.74) is 6.30. The first-order valence-electron chi connectivity index (χ1n) is 5.43. The van der Waals surface area contributed by atoms with E-state index in [9.17, 15) is 4.79 Å². The van der Waals surface area contributed by atoms with Gasteiger partial charge in [0.1, 0.15) is 0 Å². The van der Waals surface area contributed by atoms with Crippen molar-refractivity contribution in [2.75, 3.05) is 18.9 Å². The van der Waals surface area contributed by atoms with Crippen molar-refractivity contribution in [2.24, 2.45) is 0 Å². The number of carbonyl (C=O) groups is 1. The number of amides is 1. The highest BCUT2D eigenvalue weighted by Crippen LogP contribution is 2.23. The van der Waals surface area contributed by atoms with Gasteiger partial charge in [-0.05, 0) is 31.5 Å². The minimum absolute atomic E-state index is 0.349. The lowest BCUT2D eigenvalue weighted by molar-refractivity contribution is 0.0723. The Kier molecular flexibility index (Phi) is 4.72. The molecule has 1 aromatic rings. The van der Waals surface area contributed by atoms with Gasteiger partial charge in [0.15, 0.2) is 0 Å². The van der Waals surface area contributed by atoms with Gasteiger partial charge >= 0.3 is 0 Å². The van der Waals surface area contributed by atoms with Crippen LogP contribution in [0.2, 0.25) is 0 Å². The van der Waals surface area contributed by atoms with Crippen LogP contribution in [0.25, 0.3) is 0 Å². The highest BCUT2D eigenvalue weighted by Gasteiger charge is 2.26. The molecular weight excluding hydrogens is 300 g/mol. The molecule has 5 nitrogen and oxygen atoms in total. The van der Waals surface area contributed by atoms with Gasteiger partial charge in [-0.25, -0.2) is 0 Å². The van der Waals surface area contributed by atoms with Gasteiger partial charge < -0.3 is 21.3 Å². The third-order valence-corrected chi connectivity index (χ3v) is 3.23. The zero-order chi connectivity index (χ0) is 13.9. The molecule has 6 heteroatoms. The van der Waals surface area contributed by atoms with E-state index in [2.05, 4.69) is 21.2 Å². The smallest absolute Gasteiger partial charge is 0.252 e. The molecule has 0 spiro atoms. The van der Waals surface area contributed by atoms with Crippen LogP contribution >= 0.6 is 15.9 Å². The Hall–Kier alpha value is -1.11. The van der Waals surface area contributed by atoms with Crippen LogP contribution in [-0.2, 0) is 0 Å². The van der Waals surface area contributed by atoms with E-state index in [1.807, 2.05) is 0 Å². The maximum Gasteiger partial charge on any atom is 0.252 e. The van der Waals surface area contributed by atoms with Crippen LogP contribution in [0, 0.1) is 6.92 Å². The van der Waals surface area contributed by atoms with Crippen molar-refractivity contribution in [2.45, 2.75) is 19.4 Å². The Bertz CT molecular complexity index is 459. The summed E-state index contributed by atoms with van der Waals surface area (Å²) >= 11 is 3.27.